The summed E-state index contributed by atoms with van der Waals surface area (Å²) in [5.41, 5.74) is 2.28. The summed E-state index contributed by atoms with van der Waals surface area (Å²) in [6, 6.07) is 12.8. The lowest BCUT2D eigenvalue weighted by Crippen LogP contribution is -2.53. The van der Waals surface area contributed by atoms with Crippen molar-refractivity contribution in [2.75, 3.05) is 24.5 Å². The van der Waals surface area contributed by atoms with Gasteiger partial charge in [-0.3, -0.25) is 14.1 Å². The predicted octanol–water partition coefficient (Wildman–Crippen LogP) is 3.25. The largest absolute Gasteiger partial charge is 0.351 e. The van der Waals surface area contributed by atoms with Crippen molar-refractivity contribution in [1.82, 2.24) is 24.2 Å². The van der Waals surface area contributed by atoms with Gasteiger partial charge in [-0.2, -0.15) is 10.1 Å². The number of fused-ring (bicyclic) bond motifs is 1. The Morgan fingerprint density at radius 1 is 0.941 bits per heavy atom. The molecule has 1 saturated heterocycles. The van der Waals surface area contributed by atoms with E-state index in [2.05, 4.69) is 26.8 Å². The van der Waals surface area contributed by atoms with Gasteiger partial charge in [0.1, 0.15) is 23.1 Å². The molecule has 34 heavy (non-hydrogen) atoms. The third-order valence-corrected chi connectivity index (χ3v) is 6.62. The molecule has 5 rings (SSSR count). The normalized spacial score (nSPS) is 17.1. The minimum atomic E-state index is -0.323. The van der Waals surface area contributed by atoms with Crippen molar-refractivity contribution in [3.05, 3.63) is 88.0 Å². The Balaban J connectivity index is 1.49. The molecule has 0 radical (unpaired) electrons. The maximum atomic E-state index is 13.6. The van der Waals surface area contributed by atoms with Gasteiger partial charge in [0.15, 0.2) is 0 Å². The molecule has 0 spiro atoms. The van der Waals surface area contributed by atoms with Gasteiger partial charge in [-0.1, -0.05) is 24.3 Å². The first-order valence-electron chi connectivity index (χ1n) is 11.2. The molecule has 2 aromatic carbocycles. The van der Waals surface area contributed by atoms with Crippen LogP contribution >= 0.6 is 0 Å². The number of rotatable bonds is 4. The number of benzene rings is 2. The van der Waals surface area contributed by atoms with Crippen molar-refractivity contribution in [2.24, 2.45) is 14.1 Å². The van der Waals surface area contributed by atoms with E-state index in [0.29, 0.717) is 25.5 Å². The highest BCUT2D eigenvalue weighted by Crippen LogP contribution is 2.33. The highest BCUT2D eigenvalue weighted by Gasteiger charge is 2.32. The molecule has 1 fully saturated rings. The summed E-state index contributed by atoms with van der Waals surface area (Å²) in [7, 11) is 3.50. The monoisotopic (exact) mass is 464 g/mol. The fourth-order valence-corrected chi connectivity index (χ4v) is 4.96. The van der Waals surface area contributed by atoms with E-state index in [-0.39, 0.29) is 29.4 Å². The Labute approximate surface area is 195 Å². The van der Waals surface area contributed by atoms with Gasteiger partial charge in [0.2, 0.25) is 0 Å². The van der Waals surface area contributed by atoms with Gasteiger partial charge >= 0.3 is 5.69 Å². The van der Waals surface area contributed by atoms with E-state index in [1.54, 1.807) is 42.2 Å². The molecular formula is C25H26F2N6O. The van der Waals surface area contributed by atoms with E-state index in [9.17, 15) is 13.6 Å². The average Bonchev–Trinajstić information content (AvgIpc) is 3.21. The standard InChI is InChI=1S/C25H26F2N6O/c1-16-15-32(22(17-4-8-19(26)9-5-17)18-6-10-20(27)11-7-18)12-13-33(16)23-21-14-28-31(3)24(21)30(2)25(34)29-23/h4-11,14,16,22H,12-13,15H2,1-3H3/t16-/m0/s1. The van der Waals surface area contributed by atoms with E-state index < -0.39 is 0 Å². The van der Waals surface area contributed by atoms with Crippen LogP contribution in [-0.4, -0.2) is 49.9 Å². The number of hydrogen-bond donors (Lipinski definition) is 0. The van der Waals surface area contributed by atoms with Crippen molar-refractivity contribution in [1.29, 1.82) is 0 Å². The number of aryl methyl sites for hydroxylation is 2. The lowest BCUT2D eigenvalue weighted by Gasteiger charge is -2.44. The van der Waals surface area contributed by atoms with Crippen molar-refractivity contribution in [3.63, 3.8) is 0 Å². The van der Waals surface area contributed by atoms with E-state index in [1.165, 1.54) is 28.8 Å². The van der Waals surface area contributed by atoms with Crippen molar-refractivity contribution >= 4 is 16.9 Å². The van der Waals surface area contributed by atoms with Gasteiger partial charge < -0.3 is 4.90 Å². The maximum Gasteiger partial charge on any atom is 0.350 e. The first kappa shape index (κ1) is 22.2. The van der Waals surface area contributed by atoms with Crippen LogP contribution in [0.15, 0.2) is 59.5 Å². The van der Waals surface area contributed by atoms with Gasteiger partial charge in [-0.25, -0.2) is 13.6 Å². The number of piperazine rings is 1. The van der Waals surface area contributed by atoms with Gasteiger partial charge in [0, 0.05) is 39.8 Å². The fourth-order valence-electron chi connectivity index (χ4n) is 4.96. The van der Waals surface area contributed by atoms with Gasteiger partial charge in [-0.05, 0) is 42.3 Å². The Morgan fingerprint density at radius 2 is 1.53 bits per heavy atom. The topological polar surface area (TPSA) is 59.2 Å². The van der Waals surface area contributed by atoms with Crippen LogP contribution in [0.2, 0.25) is 0 Å². The number of anilines is 1. The maximum absolute atomic E-state index is 13.6. The molecule has 2 aromatic heterocycles. The lowest BCUT2D eigenvalue weighted by atomic mass is 9.95. The molecular weight excluding hydrogens is 438 g/mol. The molecule has 7 nitrogen and oxygen atoms in total. The summed E-state index contributed by atoms with van der Waals surface area (Å²) in [5, 5.41) is 5.17. The van der Waals surface area contributed by atoms with Crippen LogP contribution in [0.1, 0.15) is 24.1 Å². The number of aromatic nitrogens is 4. The molecule has 9 heteroatoms. The molecule has 0 bridgehead atoms. The summed E-state index contributed by atoms with van der Waals surface area (Å²) >= 11 is 0. The van der Waals surface area contributed by atoms with Gasteiger partial charge in [0.05, 0.1) is 17.6 Å². The average molecular weight is 465 g/mol. The van der Waals surface area contributed by atoms with Gasteiger partial charge in [-0.15, -0.1) is 0 Å². The Hall–Kier alpha value is -3.59. The molecule has 0 amide bonds. The quantitative estimate of drug-likeness (QED) is 0.464. The second-order valence-electron chi connectivity index (χ2n) is 8.83. The number of hydrogen-bond acceptors (Lipinski definition) is 5. The van der Waals surface area contributed by atoms with Crippen LogP contribution in [0.3, 0.4) is 0 Å². The fraction of sp³-hybridized carbons (Fsp3) is 0.320. The molecule has 0 unspecified atom stereocenters. The van der Waals surface area contributed by atoms with Crippen molar-refractivity contribution in [2.45, 2.75) is 19.0 Å². The van der Waals surface area contributed by atoms with E-state index in [4.69, 9.17) is 0 Å². The first-order chi connectivity index (χ1) is 16.3. The summed E-state index contributed by atoms with van der Waals surface area (Å²) in [6.07, 6.45) is 1.75. The third-order valence-electron chi connectivity index (χ3n) is 6.62. The number of halogens is 2. The lowest BCUT2D eigenvalue weighted by molar-refractivity contribution is 0.187. The first-order valence-corrected chi connectivity index (χ1v) is 11.2. The highest BCUT2D eigenvalue weighted by molar-refractivity contribution is 5.87. The zero-order valence-corrected chi connectivity index (χ0v) is 19.3. The summed E-state index contributed by atoms with van der Waals surface area (Å²) in [4.78, 5) is 21.4. The zero-order valence-electron chi connectivity index (χ0n) is 19.3. The van der Waals surface area contributed by atoms with Crippen LogP contribution < -0.4 is 10.6 Å². The molecule has 4 aromatic rings. The summed E-state index contributed by atoms with van der Waals surface area (Å²) < 4.78 is 30.4. The SMILES string of the molecule is C[C@H]1CN(C(c2ccc(F)cc2)c2ccc(F)cc2)CCN1c1nc(=O)n(C)c2c1cnn2C. The van der Waals surface area contributed by atoms with Crippen LogP contribution in [-0.2, 0) is 14.1 Å². The highest BCUT2D eigenvalue weighted by atomic mass is 19.1. The van der Waals surface area contributed by atoms with Crippen molar-refractivity contribution < 1.29 is 8.78 Å². The predicted molar refractivity (Wildman–Crippen MR) is 127 cm³/mol. The van der Waals surface area contributed by atoms with Crippen LogP contribution in [0.5, 0.6) is 0 Å². The minimum Gasteiger partial charge on any atom is -0.351 e. The Morgan fingerprint density at radius 3 is 2.09 bits per heavy atom. The number of nitrogens with zero attached hydrogens (tertiary/aromatic N) is 6. The minimum absolute atomic E-state index is 0.0418. The summed E-state index contributed by atoms with van der Waals surface area (Å²) in [5.74, 6) is 0.0486. The van der Waals surface area contributed by atoms with Gasteiger partial charge in [0.25, 0.3) is 0 Å². The second kappa shape index (κ2) is 8.64. The molecule has 1 aliphatic heterocycles. The molecule has 0 aliphatic carbocycles. The molecule has 176 valence electrons. The van der Waals surface area contributed by atoms with E-state index in [0.717, 1.165) is 22.2 Å². The third kappa shape index (κ3) is 3.86. The molecule has 0 N–H and O–H groups in total. The smallest absolute Gasteiger partial charge is 0.350 e. The van der Waals surface area contributed by atoms with E-state index >= 15 is 0 Å². The van der Waals surface area contributed by atoms with Crippen LogP contribution in [0, 0.1) is 11.6 Å². The van der Waals surface area contributed by atoms with Crippen LogP contribution in [0.25, 0.3) is 11.0 Å². The van der Waals surface area contributed by atoms with Crippen LogP contribution in [0.4, 0.5) is 14.6 Å². The molecule has 1 atom stereocenters. The molecule has 3 heterocycles. The van der Waals surface area contributed by atoms with E-state index in [1.807, 2.05) is 7.05 Å². The summed E-state index contributed by atoms with van der Waals surface area (Å²) in [6.45, 7) is 4.10. The van der Waals surface area contributed by atoms with Crippen molar-refractivity contribution in [3.8, 4) is 0 Å². The second-order valence-corrected chi connectivity index (χ2v) is 8.83. The molecule has 1 aliphatic rings. The Kier molecular flexibility index (Phi) is 5.65. The zero-order chi connectivity index (χ0) is 24.0. The Bertz CT molecular complexity index is 1330. The molecule has 0 saturated carbocycles.